The number of nitrogens with zero attached hydrogens (tertiary/aromatic N) is 1. The normalized spacial score (nSPS) is 11.3. The number of benzene rings is 1. The minimum atomic E-state index is -4.40. The van der Waals surface area contributed by atoms with Gasteiger partial charge in [-0.05, 0) is 37.6 Å². The number of alkyl halides is 3. The van der Waals surface area contributed by atoms with Crippen LogP contribution in [0.2, 0.25) is 0 Å². The van der Waals surface area contributed by atoms with Crippen molar-refractivity contribution < 1.29 is 18.0 Å². The van der Waals surface area contributed by atoms with Gasteiger partial charge in [0.25, 0.3) is 0 Å². The number of thioether (sulfide) groups is 1. The van der Waals surface area contributed by atoms with Crippen LogP contribution in [-0.2, 0) is 11.0 Å². The van der Waals surface area contributed by atoms with Gasteiger partial charge in [0.2, 0.25) is 5.91 Å². The number of amides is 1. The first-order chi connectivity index (χ1) is 12.3. The van der Waals surface area contributed by atoms with E-state index in [1.807, 2.05) is 32.0 Å². The van der Waals surface area contributed by atoms with Crippen molar-refractivity contribution in [2.45, 2.75) is 24.9 Å². The highest BCUT2D eigenvalue weighted by molar-refractivity contribution is 8.00. The number of nitrogens with one attached hydrogen (secondary N) is 2. The number of carbonyl (C=O) groups is 1. The zero-order valence-corrected chi connectivity index (χ0v) is 15.3. The maximum atomic E-state index is 12.4. The molecule has 0 unspecified atom stereocenters. The van der Waals surface area contributed by atoms with Crippen LogP contribution in [0.4, 0.5) is 19.0 Å². The average molecular weight is 383 g/mol. The van der Waals surface area contributed by atoms with Gasteiger partial charge in [-0.25, -0.2) is 4.98 Å². The minimum Gasteiger partial charge on any atom is -0.368 e. The van der Waals surface area contributed by atoms with Gasteiger partial charge in [0, 0.05) is 24.2 Å². The highest BCUT2D eigenvalue weighted by atomic mass is 32.2. The molecule has 0 saturated carbocycles. The predicted molar refractivity (Wildman–Crippen MR) is 97.4 cm³/mol. The fraction of sp³-hybridized carbons (Fsp3) is 0.333. The number of anilines is 1. The maximum Gasteiger partial charge on any atom is 0.417 e. The molecule has 2 rings (SSSR count). The highest BCUT2D eigenvalue weighted by Gasteiger charge is 2.30. The summed E-state index contributed by atoms with van der Waals surface area (Å²) in [6.45, 7) is 4.73. The van der Waals surface area contributed by atoms with Gasteiger partial charge in [0.15, 0.2) is 0 Å². The Morgan fingerprint density at radius 2 is 1.92 bits per heavy atom. The molecular weight excluding hydrogens is 363 g/mol. The van der Waals surface area contributed by atoms with Gasteiger partial charge in [0.1, 0.15) is 5.82 Å². The third kappa shape index (κ3) is 6.25. The van der Waals surface area contributed by atoms with E-state index < -0.39 is 11.7 Å². The zero-order chi connectivity index (χ0) is 19.2. The average Bonchev–Trinajstić information content (AvgIpc) is 2.59. The van der Waals surface area contributed by atoms with Crippen LogP contribution in [0.3, 0.4) is 0 Å². The molecule has 1 aromatic heterocycles. The predicted octanol–water partition coefficient (Wildman–Crippen LogP) is 4.04. The Bertz CT molecular complexity index is 748. The summed E-state index contributed by atoms with van der Waals surface area (Å²) >= 11 is 1.48. The summed E-state index contributed by atoms with van der Waals surface area (Å²) in [5, 5.41) is 5.63. The van der Waals surface area contributed by atoms with E-state index in [1.165, 1.54) is 17.8 Å². The third-order valence-corrected chi connectivity index (χ3v) is 4.70. The Morgan fingerprint density at radius 1 is 1.15 bits per heavy atom. The van der Waals surface area contributed by atoms with Crippen LogP contribution >= 0.6 is 11.8 Å². The fourth-order valence-electron chi connectivity index (χ4n) is 2.12. The largest absolute Gasteiger partial charge is 0.417 e. The first-order valence-electron chi connectivity index (χ1n) is 7.99. The lowest BCUT2D eigenvalue weighted by Gasteiger charge is -2.10. The van der Waals surface area contributed by atoms with Gasteiger partial charge < -0.3 is 10.6 Å². The number of hydrogen-bond donors (Lipinski definition) is 2. The molecule has 26 heavy (non-hydrogen) atoms. The first kappa shape index (κ1) is 20.1. The van der Waals surface area contributed by atoms with E-state index in [4.69, 9.17) is 0 Å². The molecule has 0 aliphatic carbocycles. The molecule has 0 fully saturated rings. The SMILES string of the molecule is Cc1ccc(C)c(SCC(=O)NCCNc2ccc(C(F)(F)F)cn2)c1. The molecule has 1 amide bonds. The van der Waals surface area contributed by atoms with Gasteiger partial charge in [-0.1, -0.05) is 17.7 Å². The van der Waals surface area contributed by atoms with Crippen molar-refractivity contribution in [3.8, 4) is 0 Å². The summed E-state index contributed by atoms with van der Waals surface area (Å²) in [5.41, 5.74) is 1.48. The summed E-state index contributed by atoms with van der Waals surface area (Å²) in [6.07, 6.45) is -3.62. The number of pyridine rings is 1. The van der Waals surface area contributed by atoms with Crippen molar-refractivity contribution in [3.05, 3.63) is 53.2 Å². The lowest BCUT2D eigenvalue weighted by Crippen LogP contribution is -2.30. The van der Waals surface area contributed by atoms with Gasteiger partial charge in [-0.15, -0.1) is 11.8 Å². The molecule has 2 aromatic rings. The maximum absolute atomic E-state index is 12.4. The Morgan fingerprint density at radius 3 is 2.58 bits per heavy atom. The second-order valence-electron chi connectivity index (χ2n) is 5.76. The fourth-order valence-corrected chi connectivity index (χ4v) is 3.07. The van der Waals surface area contributed by atoms with E-state index in [9.17, 15) is 18.0 Å². The number of carbonyl (C=O) groups excluding carboxylic acids is 1. The molecule has 2 N–H and O–H groups in total. The molecule has 0 atom stereocenters. The Balaban J connectivity index is 1.69. The van der Waals surface area contributed by atoms with Crippen LogP contribution in [0, 0.1) is 13.8 Å². The summed E-state index contributed by atoms with van der Waals surface area (Å²) < 4.78 is 37.3. The van der Waals surface area contributed by atoms with E-state index in [0.29, 0.717) is 24.7 Å². The zero-order valence-electron chi connectivity index (χ0n) is 14.5. The van der Waals surface area contributed by atoms with Crippen LogP contribution in [0.25, 0.3) is 0 Å². The first-order valence-corrected chi connectivity index (χ1v) is 8.98. The molecule has 4 nitrogen and oxygen atoms in total. The molecule has 1 heterocycles. The molecule has 0 radical (unpaired) electrons. The second-order valence-corrected chi connectivity index (χ2v) is 6.78. The molecule has 8 heteroatoms. The lowest BCUT2D eigenvalue weighted by atomic mass is 10.2. The second kappa shape index (κ2) is 8.93. The van der Waals surface area contributed by atoms with Crippen molar-refractivity contribution in [2.24, 2.45) is 0 Å². The van der Waals surface area contributed by atoms with Crippen LogP contribution < -0.4 is 10.6 Å². The third-order valence-electron chi connectivity index (χ3n) is 3.55. The Labute approximate surface area is 154 Å². The molecule has 0 aliphatic rings. The molecule has 140 valence electrons. The molecule has 0 bridgehead atoms. The number of rotatable bonds is 7. The van der Waals surface area contributed by atoms with Crippen molar-refractivity contribution >= 4 is 23.5 Å². The van der Waals surface area contributed by atoms with Gasteiger partial charge in [-0.2, -0.15) is 13.2 Å². The molecular formula is C18H20F3N3OS. The summed E-state index contributed by atoms with van der Waals surface area (Å²) in [6, 6.07) is 8.33. The van der Waals surface area contributed by atoms with Crippen LogP contribution in [-0.4, -0.2) is 29.7 Å². The van der Waals surface area contributed by atoms with Crippen molar-refractivity contribution in [1.82, 2.24) is 10.3 Å². The smallest absolute Gasteiger partial charge is 0.368 e. The topological polar surface area (TPSA) is 54.0 Å². The van der Waals surface area contributed by atoms with Crippen molar-refractivity contribution in [1.29, 1.82) is 0 Å². The van der Waals surface area contributed by atoms with Gasteiger partial charge >= 0.3 is 6.18 Å². The van der Waals surface area contributed by atoms with E-state index in [-0.39, 0.29) is 5.91 Å². The van der Waals surface area contributed by atoms with Gasteiger partial charge in [0.05, 0.1) is 11.3 Å². The standard InChI is InChI=1S/C18H20F3N3OS/c1-12-3-4-13(2)15(9-12)26-11-17(25)23-8-7-22-16-6-5-14(10-24-16)18(19,20)21/h3-6,9-10H,7-8,11H2,1-2H3,(H,22,24)(H,23,25). The molecule has 1 aromatic carbocycles. The molecule has 0 spiro atoms. The van der Waals surface area contributed by atoms with E-state index >= 15 is 0 Å². The Hall–Kier alpha value is -2.22. The summed E-state index contributed by atoms with van der Waals surface area (Å²) in [4.78, 5) is 16.7. The summed E-state index contributed by atoms with van der Waals surface area (Å²) in [5.74, 6) is 0.540. The molecule has 0 saturated heterocycles. The van der Waals surface area contributed by atoms with Crippen LogP contribution in [0.15, 0.2) is 41.4 Å². The number of hydrogen-bond acceptors (Lipinski definition) is 4. The van der Waals surface area contributed by atoms with Gasteiger partial charge in [-0.3, -0.25) is 4.79 Å². The van der Waals surface area contributed by atoms with Crippen LogP contribution in [0.5, 0.6) is 0 Å². The van der Waals surface area contributed by atoms with E-state index in [1.54, 1.807) is 0 Å². The van der Waals surface area contributed by atoms with Crippen LogP contribution in [0.1, 0.15) is 16.7 Å². The number of aromatic nitrogens is 1. The van der Waals surface area contributed by atoms with E-state index in [0.717, 1.165) is 28.3 Å². The Kier molecular flexibility index (Phi) is 6.90. The number of aryl methyl sites for hydroxylation is 2. The monoisotopic (exact) mass is 383 g/mol. The number of halogens is 3. The quantitative estimate of drug-likeness (QED) is 0.560. The molecule has 0 aliphatic heterocycles. The summed E-state index contributed by atoms with van der Waals surface area (Å²) in [7, 11) is 0. The lowest BCUT2D eigenvalue weighted by molar-refractivity contribution is -0.137. The van der Waals surface area contributed by atoms with Crippen molar-refractivity contribution in [3.63, 3.8) is 0 Å². The minimum absolute atomic E-state index is 0.0990. The van der Waals surface area contributed by atoms with E-state index in [2.05, 4.69) is 15.6 Å². The highest BCUT2D eigenvalue weighted by Crippen LogP contribution is 2.28. The van der Waals surface area contributed by atoms with Crippen molar-refractivity contribution in [2.75, 3.05) is 24.2 Å².